The Morgan fingerprint density at radius 2 is 2.21 bits per heavy atom. The first-order valence-electron chi connectivity index (χ1n) is 8.89. The Morgan fingerprint density at radius 1 is 1.46 bits per heavy atom. The predicted octanol–water partition coefficient (Wildman–Crippen LogP) is 2.50. The van der Waals surface area contributed by atoms with Gasteiger partial charge in [0, 0.05) is 37.3 Å². The average molecular weight is 334 g/mol. The molecule has 0 aromatic carbocycles. The van der Waals surface area contributed by atoms with E-state index < -0.39 is 5.60 Å². The van der Waals surface area contributed by atoms with Crippen LogP contribution in [0.3, 0.4) is 0 Å². The van der Waals surface area contributed by atoms with Crippen LogP contribution in [0.5, 0.6) is 0 Å². The van der Waals surface area contributed by atoms with Crippen molar-refractivity contribution in [2.75, 3.05) is 13.1 Å². The largest absolute Gasteiger partial charge is 0.444 e. The molecule has 1 aliphatic heterocycles. The second-order valence-electron chi connectivity index (χ2n) is 8.88. The van der Waals surface area contributed by atoms with Crippen molar-refractivity contribution in [1.29, 1.82) is 0 Å². The summed E-state index contributed by atoms with van der Waals surface area (Å²) in [6.07, 6.45) is 4.89. The lowest BCUT2D eigenvalue weighted by Crippen LogP contribution is -2.48. The standard InChI is InChI=1S/C18H30N4O2/c1-17(2,3)24-16(23)22-10-15(18(4,5)11-22)20-13-7-6-12-9-19-21-14(12)8-13/h9,13,15,20H,6-8,10-11H2,1-5H3,(H,19,21). The molecule has 134 valence electrons. The maximum atomic E-state index is 12.4. The molecule has 0 radical (unpaired) electrons. The molecule has 6 nitrogen and oxygen atoms in total. The Hall–Kier alpha value is -1.56. The van der Waals surface area contributed by atoms with Crippen LogP contribution in [0.4, 0.5) is 4.79 Å². The van der Waals surface area contributed by atoms with Crippen molar-refractivity contribution >= 4 is 6.09 Å². The van der Waals surface area contributed by atoms with Gasteiger partial charge in [0.25, 0.3) is 0 Å². The van der Waals surface area contributed by atoms with Crippen molar-refractivity contribution in [3.8, 4) is 0 Å². The van der Waals surface area contributed by atoms with Crippen LogP contribution >= 0.6 is 0 Å². The van der Waals surface area contributed by atoms with Gasteiger partial charge in [-0.25, -0.2) is 4.79 Å². The second-order valence-corrected chi connectivity index (χ2v) is 8.88. The smallest absolute Gasteiger partial charge is 0.410 e. The van der Waals surface area contributed by atoms with E-state index in [2.05, 4.69) is 29.4 Å². The Balaban J connectivity index is 1.61. The van der Waals surface area contributed by atoms with Gasteiger partial charge < -0.3 is 15.0 Å². The van der Waals surface area contributed by atoms with E-state index >= 15 is 0 Å². The number of aromatic amines is 1. The van der Waals surface area contributed by atoms with Gasteiger partial charge in [-0.2, -0.15) is 5.10 Å². The first-order chi connectivity index (χ1) is 11.1. The first kappa shape index (κ1) is 17.3. The molecule has 0 saturated carbocycles. The Labute approximate surface area is 144 Å². The molecule has 2 aliphatic rings. The number of likely N-dealkylation sites (tertiary alicyclic amines) is 1. The number of H-pyrrole nitrogens is 1. The number of aryl methyl sites for hydroxylation is 1. The summed E-state index contributed by atoms with van der Waals surface area (Å²) in [6.45, 7) is 11.6. The third-order valence-corrected chi connectivity index (χ3v) is 5.05. The molecule has 0 bridgehead atoms. The SMILES string of the molecule is CC(C)(C)OC(=O)N1CC(NC2CCc3cn[nH]c3C2)C(C)(C)C1. The van der Waals surface area contributed by atoms with Gasteiger partial charge in [-0.3, -0.25) is 5.10 Å². The number of nitrogens with one attached hydrogen (secondary N) is 2. The molecule has 2 atom stereocenters. The minimum absolute atomic E-state index is 0.0329. The van der Waals surface area contributed by atoms with Gasteiger partial charge in [-0.15, -0.1) is 0 Å². The van der Waals surface area contributed by atoms with Crippen LogP contribution in [0.1, 0.15) is 52.3 Å². The van der Waals surface area contributed by atoms with Crippen LogP contribution in [0.15, 0.2) is 6.20 Å². The fourth-order valence-corrected chi connectivity index (χ4v) is 3.71. The molecule has 0 spiro atoms. The van der Waals surface area contributed by atoms with Crippen molar-refractivity contribution in [3.63, 3.8) is 0 Å². The normalized spacial score (nSPS) is 26.3. The molecule has 1 fully saturated rings. The summed E-state index contributed by atoms with van der Waals surface area (Å²) >= 11 is 0. The van der Waals surface area contributed by atoms with E-state index in [0.717, 1.165) is 25.8 Å². The molecular formula is C18H30N4O2. The fraction of sp³-hybridized carbons (Fsp3) is 0.778. The van der Waals surface area contributed by atoms with E-state index in [1.54, 1.807) is 0 Å². The van der Waals surface area contributed by atoms with Crippen molar-refractivity contribution in [1.82, 2.24) is 20.4 Å². The van der Waals surface area contributed by atoms with Gasteiger partial charge in [0.1, 0.15) is 5.60 Å². The van der Waals surface area contributed by atoms with E-state index in [-0.39, 0.29) is 17.6 Å². The number of carbonyl (C=O) groups excluding carboxylic acids is 1. The number of hydrogen-bond donors (Lipinski definition) is 2. The number of carbonyl (C=O) groups is 1. The van der Waals surface area contributed by atoms with Crippen molar-refractivity contribution in [2.24, 2.45) is 5.41 Å². The van der Waals surface area contributed by atoms with Crippen LogP contribution in [0, 0.1) is 5.41 Å². The topological polar surface area (TPSA) is 70.2 Å². The van der Waals surface area contributed by atoms with E-state index in [9.17, 15) is 4.79 Å². The third-order valence-electron chi connectivity index (χ3n) is 5.05. The molecular weight excluding hydrogens is 304 g/mol. The summed E-state index contributed by atoms with van der Waals surface area (Å²) in [7, 11) is 0. The van der Waals surface area contributed by atoms with E-state index in [1.165, 1.54) is 11.3 Å². The van der Waals surface area contributed by atoms with Crippen molar-refractivity contribution in [3.05, 3.63) is 17.5 Å². The van der Waals surface area contributed by atoms with E-state index in [0.29, 0.717) is 12.6 Å². The summed E-state index contributed by atoms with van der Waals surface area (Å²) in [6, 6.07) is 0.709. The summed E-state index contributed by atoms with van der Waals surface area (Å²) in [5.74, 6) is 0. The summed E-state index contributed by atoms with van der Waals surface area (Å²) < 4.78 is 5.54. The Bertz CT molecular complexity index is 602. The third kappa shape index (κ3) is 3.74. The van der Waals surface area contributed by atoms with Gasteiger partial charge >= 0.3 is 6.09 Å². The minimum Gasteiger partial charge on any atom is -0.444 e. The first-order valence-corrected chi connectivity index (χ1v) is 8.89. The summed E-state index contributed by atoms with van der Waals surface area (Å²) in [5, 5.41) is 11.0. The van der Waals surface area contributed by atoms with Crippen LogP contribution in [-0.4, -0.2) is 52.0 Å². The molecule has 24 heavy (non-hydrogen) atoms. The van der Waals surface area contributed by atoms with Crippen LogP contribution < -0.4 is 5.32 Å². The number of amides is 1. The molecule has 3 rings (SSSR count). The second kappa shape index (κ2) is 6.06. The lowest BCUT2D eigenvalue weighted by Gasteiger charge is -2.32. The molecule has 1 aromatic rings. The van der Waals surface area contributed by atoms with Gasteiger partial charge in [0.05, 0.1) is 6.20 Å². The lowest BCUT2D eigenvalue weighted by atomic mass is 9.85. The van der Waals surface area contributed by atoms with Crippen LogP contribution in [0.2, 0.25) is 0 Å². The molecule has 1 saturated heterocycles. The minimum atomic E-state index is -0.451. The predicted molar refractivity (Wildman–Crippen MR) is 92.9 cm³/mol. The maximum absolute atomic E-state index is 12.4. The molecule has 2 unspecified atom stereocenters. The highest BCUT2D eigenvalue weighted by Gasteiger charge is 2.43. The van der Waals surface area contributed by atoms with E-state index in [4.69, 9.17) is 4.74 Å². The molecule has 1 aliphatic carbocycles. The monoisotopic (exact) mass is 334 g/mol. The average Bonchev–Trinajstić information content (AvgIpc) is 3.01. The quantitative estimate of drug-likeness (QED) is 0.872. The zero-order valence-corrected chi connectivity index (χ0v) is 15.5. The summed E-state index contributed by atoms with van der Waals surface area (Å²) in [5.41, 5.74) is 2.17. The van der Waals surface area contributed by atoms with Gasteiger partial charge in [0.15, 0.2) is 0 Å². The highest BCUT2D eigenvalue weighted by Crippen LogP contribution is 2.32. The fourth-order valence-electron chi connectivity index (χ4n) is 3.71. The van der Waals surface area contributed by atoms with Crippen molar-refractivity contribution in [2.45, 2.75) is 71.6 Å². The molecule has 6 heteroatoms. The lowest BCUT2D eigenvalue weighted by molar-refractivity contribution is 0.0277. The highest BCUT2D eigenvalue weighted by molar-refractivity contribution is 5.68. The molecule has 1 aromatic heterocycles. The number of nitrogens with zero attached hydrogens (tertiary/aromatic N) is 2. The van der Waals surface area contributed by atoms with Crippen molar-refractivity contribution < 1.29 is 9.53 Å². The number of aromatic nitrogens is 2. The highest BCUT2D eigenvalue weighted by atomic mass is 16.6. The Morgan fingerprint density at radius 3 is 2.92 bits per heavy atom. The molecule has 2 heterocycles. The zero-order chi connectivity index (χ0) is 17.5. The van der Waals surface area contributed by atoms with Gasteiger partial charge in [0.2, 0.25) is 0 Å². The van der Waals surface area contributed by atoms with Crippen LogP contribution in [-0.2, 0) is 17.6 Å². The number of ether oxygens (including phenoxy) is 1. The zero-order valence-electron chi connectivity index (χ0n) is 15.5. The number of fused-ring (bicyclic) bond motifs is 1. The van der Waals surface area contributed by atoms with E-state index in [1.807, 2.05) is 31.9 Å². The molecule has 2 N–H and O–H groups in total. The molecule has 1 amide bonds. The van der Waals surface area contributed by atoms with Gasteiger partial charge in [-0.1, -0.05) is 13.8 Å². The maximum Gasteiger partial charge on any atom is 0.410 e. The van der Waals surface area contributed by atoms with Gasteiger partial charge in [-0.05, 0) is 44.6 Å². The number of hydrogen-bond acceptors (Lipinski definition) is 4. The number of rotatable bonds is 2. The Kier molecular flexibility index (Phi) is 4.36. The summed E-state index contributed by atoms with van der Waals surface area (Å²) in [4.78, 5) is 14.2. The van der Waals surface area contributed by atoms with Crippen LogP contribution in [0.25, 0.3) is 0 Å².